The second kappa shape index (κ2) is 6.24. The molecule has 1 N–H and O–H groups in total. The Morgan fingerprint density at radius 3 is 2.32 bits per heavy atom. The van der Waals surface area contributed by atoms with Crippen LogP contribution in [0.4, 0.5) is 5.69 Å². The number of carbonyl (C=O) groups excluding carboxylic acids is 1. The molecule has 0 atom stereocenters. The quantitative estimate of drug-likeness (QED) is 0.444. The molecule has 0 radical (unpaired) electrons. The lowest BCUT2D eigenvalue weighted by Crippen LogP contribution is -2.24. The lowest BCUT2D eigenvalue weighted by molar-refractivity contribution is -0.118. The molecule has 0 saturated heterocycles. The second-order valence-electron chi connectivity index (χ2n) is 4.93. The van der Waals surface area contributed by atoms with Crippen molar-refractivity contribution in [3.63, 3.8) is 0 Å². The minimum atomic E-state index is -0.487. The first-order chi connectivity index (χ1) is 10.7. The summed E-state index contributed by atoms with van der Waals surface area (Å²) in [5, 5.41) is 12.8. The van der Waals surface area contributed by atoms with Crippen molar-refractivity contribution >= 4 is 28.4 Å². The van der Waals surface area contributed by atoms with Gasteiger partial charge >= 0.3 is 0 Å². The Morgan fingerprint density at radius 1 is 0.864 bits per heavy atom. The summed E-state index contributed by atoms with van der Waals surface area (Å²) in [6.45, 7) is 0. The molecule has 3 aromatic carbocycles. The maximum Gasteiger partial charge on any atom is 0.274 e. The van der Waals surface area contributed by atoms with Crippen LogP contribution < -0.4 is 5.06 Å². The molecule has 3 rings (SSSR count). The number of carbonyl (C=O) groups is 1. The van der Waals surface area contributed by atoms with Crippen LogP contribution in [-0.4, -0.2) is 11.1 Å². The summed E-state index contributed by atoms with van der Waals surface area (Å²) >= 11 is 0. The largest absolute Gasteiger partial charge is 0.281 e. The van der Waals surface area contributed by atoms with E-state index in [2.05, 4.69) is 0 Å². The standard InChI is InChI=1S/C19H15NO2/c21-19(20(22)18-8-2-1-3-9-18)13-11-15-10-12-16-6-4-5-7-17(16)14-15/h1-14,22H. The molecule has 0 unspecified atom stereocenters. The number of rotatable bonds is 3. The minimum Gasteiger partial charge on any atom is -0.281 e. The zero-order valence-corrected chi connectivity index (χ0v) is 11.9. The van der Waals surface area contributed by atoms with E-state index >= 15 is 0 Å². The van der Waals surface area contributed by atoms with Crippen LogP contribution in [0.15, 0.2) is 78.9 Å². The number of fused-ring (bicyclic) bond motifs is 1. The van der Waals surface area contributed by atoms with Crippen LogP contribution in [0, 0.1) is 0 Å². The van der Waals surface area contributed by atoms with Gasteiger partial charge in [0.15, 0.2) is 0 Å². The number of benzene rings is 3. The molecule has 0 bridgehead atoms. The summed E-state index contributed by atoms with van der Waals surface area (Å²) in [4.78, 5) is 12.0. The van der Waals surface area contributed by atoms with Crippen molar-refractivity contribution in [3.05, 3.63) is 84.4 Å². The Labute approximate surface area is 128 Å². The lowest BCUT2D eigenvalue weighted by atomic mass is 10.1. The zero-order valence-electron chi connectivity index (χ0n) is 11.9. The third-order valence-corrected chi connectivity index (χ3v) is 3.40. The van der Waals surface area contributed by atoms with Crippen LogP contribution in [0.1, 0.15) is 5.56 Å². The van der Waals surface area contributed by atoms with E-state index in [0.29, 0.717) is 10.8 Å². The molecule has 3 heteroatoms. The normalized spacial score (nSPS) is 11.0. The van der Waals surface area contributed by atoms with Gasteiger partial charge in [0.2, 0.25) is 0 Å². The van der Waals surface area contributed by atoms with Crippen LogP contribution in [0.5, 0.6) is 0 Å². The molecule has 0 aliphatic carbocycles. The summed E-state index contributed by atoms with van der Waals surface area (Å²) in [6.07, 6.45) is 3.05. The number of para-hydroxylation sites is 1. The predicted molar refractivity (Wildman–Crippen MR) is 88.7 cm³/mol. The predicted octanol–water partition coefficient (Wildman–Crippen LogP) is 4.28. The Bertz CT molecular complexity index is 825. The van der Waals surface area contributed by atoms with E-state index in [-0.39, 0.29) is 0 Å². The molecule has 0 aliphatic heterocycles. The fourth-order valence-electron chi connectivity index (χ4n) is 2.25. The Hall–Kier alpha value is -2.91. The first kappa shape index (κ1) is 14.0. The van der Waals surface area contributed by atoms with Gasteiger partial charge in [0.1, 0.15) is 0 Å². The summed E-state index contributed by atoms with van der Waals surface area (Å²) in [6, 6.07) is 22.7. The third kappa shape index (κ3) is 3.05. The van der Waals surface area contributed by atoms with Crippen molar-refractivity contribution in [2.24, 2.45) is 0 Å². The maximum absolute atomic E-state index is 12.0. The molecule has 3 aromatic rings. The van der Waals surface area contributed by atoms with Crippen LogP contribution in [0.3, 0.4) is 0 Å². The van der Waals surface area contributed by atoms with E-state index in [9.17, 15) is 10.0 Å². The SMILES string of the molecule is O=C(C=Cc1ccc2ccccc2c1)N(O)c1ccccc1. The molecule has 0 fully saturated rings. The van der Waals surface area contributed by atoms with Gasteiger partial charge in [-0.2, -0.15) is 5.06 Å². The fourth-order valence-corrected chi connectivity index (χ4v) is 2.25. The summed E-state index contributed by atoms with van der Waals surface area (Å²) in [5.41, 5.74) is 1.35. The van der Waals surface area contributed by atoms with Crippen LogP contribution in [0.2, 0.25) is 0 Å². The minimum absolute atomic E-state index is 0.440. The molecule has 0 aromatic heterocycles. The number of hydrogen-bond donors (Lipinski definition) is 1. The summed E-state index contributed by atoms with van der Waals surface area (Å²) in [5.74, 6) is -0.487. The van der Waals surface area contributed by atoms with Crippen molar-refractivity contribution < 1.29 is 10.0 Å². The highest BCUT2D eigenvalue weighted by Gasteiger charge is 2.08. The summed E-state index contributed by atoms with van der Waals surface area (Å²) in [7, 11) is 0. The Balaban J connectivity index is 1.78. The maximum atomic E-state index is 12.0. The molecule has 108 valence electrons. The number of nitrogens with zero attached hydrogens (tertiary/aromatic N) is 1. The molecule has 0 saturated carbocycles. The fraction of sp³-hybridized carbons (Fsp3) is 0. The average molecular weight is 289 g/mol. The molecule has 3 nitrogen and oxygen atoms in total. The monoisotopic (exact) mass is 289 g/mol. The van der Waals surface area contributed by atoms with Gasteiger partial charge in [-0.15, -0.1) is 0 Å². The Kier molecular flexibility index (Phi) is 3.99. The number of hydrogen-bond acceptors (Lipinski definition) is 2. The van der Waals surface area contributed by atoms with Crippen molar-refractivity contribution in [1.29, 1.82) is 0 Å². The number of hydroxylamine groups is 1. The van der Waals surface area contributed by atoms with E-state index in [0.717, 1.165) is 16.3 Å². The van der Waals surface area contributed by atoms with E-state index in [1.165, 1.54) is 6.08 Å². The van der Waals surface area contributed by atoms with E-state index in [4.69, 9.17) is 0 Å². The van der Waals surface area contributed by atoms with Gasteiger partial charge in [-0.05, 0) is 40.6 Å². The van der Waals surface area contributed by atoms with Gasteiger partial charge in [-0.25, -0.2) is 0 Å². The van der Waals surface area contributed by atoms with Gasteiger partial charge in [-0.1, -0.05) is 54.6 Å². The van der Waals surface area contributed by atoms with Gasteiger partial charge < -0.3 is 0 Å². The highest BCUT2D eigenvalue weighted by atomic mass is 16.5. The van der Waals surface area contributed by atoms with Crippen LogP contribution in [-0.2, 0) is 4.79 Å². The second-order valence-corrected chi connectivity index (χ2v) is 4.93. The Morgan fingerprint density at radius 2 is 1.55 bits per heavy atom. The first-order valence-electron chi connectivity index (χ1n) is 6.99. The zero-order chi connectivity index (χ0) is 15.4. The molecule has 0 heterocycles. The van der Waals surface area contributed by atoms with Crippen molar-refractivity contribution in [2.45, 2.75) is 0 Å². The van der Waals surface area contributed by atoms with Gasteiger partial charge in [0.25, 0.3) is 5.91 Å². The molecule has 0 spiro atoms. The third-order valence-electron chi connectivity index (χ3n) is 3.40. The molecule has 22 heavy (non-hydrogen) atoms. The number of anilines is 1. The van der Waals surface area contributed by atoms with Crippen LogP contribution >= 0.6 is 0 Å². The topological polar surface area (TPSA) is 40.5 Å². The van der Waals surface area contributed by atoms with Crippen molar-refractivity contribution in [1.82, 2.24) is 0 Å². The van der Waals surface area contributed by atoms with Crippen molar-refractivity contribution in [2.75, 3.05) is 5.06 Å². The van der Waals surface area contributed by atoms with Gasteiger partial charge in [-0.3, -0.25) is 10.0 Å². The molecular weight excluding hydrogens is 274 g/mol. The number of amides is 1. The van der Waals surface area contributed by atoms with Gasteiger partial charge in [0, 0.05) is 6.08 Å². The molecular formula is C19H15NO2. The summed E-state index contributed by atoms with van der Waals surface area (Å²) < 4.78 is 0. The highest BCUT2D eigenvalue weighted by molar-refractivity contribution is 6.02. The molecule has 0 aliphatic rings. The van der Waals surface area contributed by atoms with E-state index < -0.39 is 5.91 Å². The smallest absolute Gasteiger partial charge is 0.274 e. The molecule has 1 amide bonds. The first-order valence-corrected chi connectivity index (χ1v) is 6.99. The average Bonchev–Trinajstić information content (AvgIpc) is 2.59. The van der Waals surface area contributed by atoms with E-state index in [1.54, 1.807) is 30.3 Å². The van der Waals surface area contributed by atoms with E-state index in [1.807, 2.05) is 48.5 Å². The highest BCUT2D eigenvalue weighted by Crippen LogP contribution is 2.17. The van der Waals surface area contributed by atoms with Crippen LogP contribution in [0.25, 0.3) is 16.8 Å². The van der Waals surface area contributed by atoms with Gasteiger partial charge in [0.05, 0.1) is 5.69 Å². The van der Waals surface area contributed by atoms with Crippen molar-refractivity contribution in [3.8, 4) is 0 Å². The lowest BCUT2D eigenvalue weighted by Gasteiger charge is -2.12.